The molecule has 160 valence electrons. The van der Waals surface area contributed by atoms with Crippen LogP contribution in [0.15, 0.2) is 54.7 Å². The van der Waals surface area contributed by atoms with E-state index in [1.54, 1.807) is 23.0 Å². The molecule has 1 heterocycles. The number of hydrogen-bond acceptors (Lipinski definition) is 5. The molecular formula is C21H21F3N2O3S. The third-order valence-corrected chi connectivity index (χ3v) is 5.10. The largest absolute Gasteiger partial charge is 0.463 e. The van der Waals surface area contributed by atoms with Gasteiger partial charge >= 0.3 is 12.1 Å². The number of alkyl halides is 3. The van der Waals surface area contributed by atoms with E-state index in [2.05, 4.69) is 9.46 Å². The van der Waals surface area contributed by atoms with Gasteiger partial charge in [0, 0.05) is 29.9 Å². The van der Waals surface area contributed by atoms with Gasteiger partial charge in [-0.05, 0) is 18.6 Å². The van der Waals surface area contributed by atoms with Crippen molar-refractivity contribution in [2.24, 2.45) is 0 Å². The summed E-state index contributed by atoms with van der Waals surface area (Å²) in [5.74, 6) is -1.75. The van der Waals surface area contributed by atoms with Gasteiger partial charge in [0.1, 0.15) is 0 Å². The first-order valence-electron chi connectivity index (χ1n) is 9.15. The van der Waals surface area contributed by atoms with Crippen molar-refractivity contribution in [3.05, 3.63) is 65.9 Å². The van der Waals surface area contributed by atoms with E-state index in [9.17, 15) is 23.1 Å². The highest BCUT2D eigenvalue weighted by molar-refractivity contribution is 7.99. The standard InChI is InChI=1S/C21H21F3N2O3S/c1-3-29-19(27)20(28,21(22,23)24)16-13-26(12-14-8-5-4-6-9-14)18-15(16)10-7-11-17(18)25-30-2/h4-11,13,25,28H,3,12H2,1-2H3. The van der Waals surface area contributed by atoms with E-state index in [4.69, 9.17) is 0 Å². The number of rotatable bonds is 7. The molecule has 0 aliphatic carbocycles. The van der Waals surface area contributed by atoms with Gasteiger partial charge in [0.05, 0.1) is 17.8 Å². The molecular weight excluding hydrogens is 417 g/mol. The molecule has 0 bridgehead atoms. The summed E-state index contributed by atoms with van der Waals surface area (Å²) < 4.78 is 51.2. The van der Waals surface area contributed by atoms with E-state index < -0.39 is 23.3 Å². The van der Waals surface area contributed by atoms with Gasteiger partial charge in [-0.1, -0.05) is 54.4 Å². The number of carbonyl (C=O) groups excluding carboxylic acids is 1. The molecule has 0 amide bonds. The Morgan fingerprint density at radius 3 is 2.47 bits per heavy atom. The van der Waals surface area contributed by atoms with Crippen LogP contribution < -0.4 is 4.72 Å². The van der Waals surface area contributed by atoms with Gasteiger partial charge < -0.3 is 19.1 Å². The van der Waals surface area contributed by atoms with Crippen LogP contribution in [-0.2, 0) is 21.7 Å². The number of ether oxygens (including phenoxy) is 1. The molecule has 9 heteroatoms. The van der Waals surface area contributed by atoms with Crippen molar-refractivity contribution in [2.45, 2.75) is 25.2 Å². The molecule has 2 aromatic carbocycles. The summed E-state index contributed by atoms with van der Waals surface area (Å²) in [5, 5.41) is 10.8. The Morgan fingerprint density at radius 1 is 1.17 bits per heavy atom. The number of aliphatic hydroxyl groups is 1. The average Bonchev–Trinajstić information content (AvgIpc) is 3.07. The summed E-state index contributed by atoms with van der Waals surface area (Å²) >= 11 is 1.28. The molecule has 0 spiro atoms. The smallest absolute Gasteiger partial charge is 0.432 e. The maximum Gasteiger partial charge on any atom is 0.432 e. The fraction of sp³-hybridized carbons (Fsp3) is 0.286. The lowest BCUT2D eigenvalue weighted by Gasteiger charge is -2.27. The molecule has 5 nitrogen and oxygen atoms in total. The van der Waals surface area contributed by atoms with Crippen LogP contribution in [0.25, 0.3) is 10.9 Å². The van der Waals surface area contributed by atoms with Gasteiger partial charge in [0.2, 0.25) is 0 Å². The lowest BCUT2D eigenvalue weighted by atomic mass is 9.92. The van der Waals surface area contributed by atoms with E-state index >= 15 is 0 Å². The SMILES string of the molecule is CCOC(=O)C(O)(c1cn(Cc2ccccc2)c2c(NSC)cccc12)C(F)(F)F. The molecule has 30 heavy (non-hydrogen) atoms. The number of benzene rings is 2. The summed E-state index contributed by atoms with van der Waals surface area (Å²) in [4.78, 5) is 12.3. The van der Waals surface area contributed by atoms with Gasteiger partial charge in [-0.3, -0.25) is 0 Å². The van der Waals surface area contributed by atoms with E-state index in [1.807, 2.05) is 30.3 Å². The van der Waals surface area contributed by atoms with Crippen molar-refractivity contribution in [1.82, 2.24) is 4.57 Å². The summed E-state index contributed by atoms with van der Waals surface area (Å²) in [5.41, 5.74) is -2.50. The minimum atomic E-state index is -5.27. The molecule has 1 aromatic heterocycles. The predicted octanol–water partition coefficient (Wildman–Crippen LogP) is 4.69. The minimum Gasteiger partial charge on any atom is -0.463 e. The number of fused-ring (bicyclic) bond motifs is 1. The van der Waals surface area contributed by atoms with Crippen LogP contribution in [0.4, 0.5) is 18.9 Å². The van der Waals surface area contributed by atoms with Crippen LogP contribution >= 0.6 is 11.9 Å². The average molecular weight is 438 g/mol. The van der Waals surface area contributed by atoms with Crippen molar-refractivity contribution >= 4 is 34.5 Å². The molecule has 0 radical (unpaired) electrons. The maximum atomic E-state index is 14.0. The predicted molar refractivity (Wildman–Crippen MR) is 111 cm³/mol. The van der Waals surface area contributed by atoms with Crippen LogP contribution in [0.1, 0.15) is 18.1 Å². The fourth-order valence-electron chi connectivity index (χ4n) is 3.36. The Labute approximate surface area is 176 Å². The van der Waals surface area contributed by atoms with Crippen molar-refractivity contribution in [1.29, 1.82) is 0 Å². The quantitative estimate of drug-likeness (QED) is 0.414. The molecule has 1 unspecified atom stereocenters. The number of hydrogen-bond donors (Lipinski definition) is 2. The molecule has 0 aliphatic heterocycles. The second-order valence-corrected chi connectivity index (χ2v) is 7.21. The lowest BCUT2D eigenvalue weighted by Crippen LogP contribution is -2.50. The second kappa shape index (κ2) is 8.61. The number of carbonyl (C=O) groups is 1. The molecule has 2 N–H and O–H groups in total. The molecule has 1 atom stereocenters. The number of anilines is 1. The molecule has 0 fully saturated rings. The van der Waals surface area contributed by atoms with Crippen LogP contribution in [0.3, 0.4) is 0 Å². The Balaban J connectivity index is 2.29. The van der Waals surface area contributed by atoms with Gasteiger partial charge in [0.25, 0.3) is 5.60 Å². The highest BCUT2D eigenvalue weighted by atomic mass is 32.2. The molecule has 0 saturated heterocycles. The molecule has 3 aromatic rings. The van der Waals surface area contributed by atoms with Crippen LogP contribution in [-0.4, -0.2) is 34.7 Å². The van der Waals surface area contributed by atoms with Crippen molar-refractivity contribution in [2.75, 3.05) is 17.6 Å². The molecule has 0 saturated carbocycles. The van der Waals surface area contributed by atoms with E-state index in [1.165, 1.54) is 31.1 Å². The van der Waals surface area contributed by atoms with E-state index in [0.717, 1.165) is 5.56 Å². The fourth-order valence-corrected chi connectivity index (χ4v) is 3.74. The summed E-state index contributed by atoms with van der Waals surface area (Å²) in [6.07, 6.45) is -2.31. The van der Waals surface area contributed by atoms with Crippen molar-refractivity contribution in [3.63, 3.8) is 0 Å². The minimum absolute atomic E-state index is 0.109. The zero-order chi connectivity index (χ0) is 21.9. The highest BCUT2D eigenvalue weighted by Gasteiger charge is 2.63. The van der Waals surface area contributed by atoms with Crippen LogP contribution in [0.5, 0.6) is 0 Å². The van der Waals surface area contributed by atoms with Crippen molar-refractivity contribution in [3.8, 4) is 0 Å². The zero-order valence-corrected chi connectivity index (χ0v) is 17.2. The van der Waals surface area contributed by atoms with E-state index in [0.29, 0.717) is 11.2 Å². The first-order valence-corrected chi connectivity index (χ1v) is 10.4. The third-order valence-electron chi connectivity index (χ3n) is 4.68. The number of aromatic nitrogens is 1. The van der Waals surface area contributed by atoms with Crippen LogP contribution in [0, 0.1) is 0 Å². The van der Waals surface area contributed by atoms with Gasteiger partial charge in [-0.2, -0.15) is 13.2 Å². The number of para-hydroxylation sites is 1. The van der Waals surface area contributed by atoms with Gasteiger partial charge in [-0.25, -0.2) is 4.79 Å². The second-order valence-electron chi connectivity index (χ2n) is 6.59. The number of esters is 1. The lowest BCUT2D eigenvalue weighted by molar-refractivity contribution is -0.267. The summed E-state index contributed by atoms with van der Waals surface area (Å²) in [6.45, 7) is 1.34. The summed E-state index contributed by atoms with van der Waals surface area (Å²) in [7, 11) is 0. The zero-order valence-electron chi connectivity index (χ0n) is 16.4. The monoisotopic (exact) mass is 438 g/mol. The normalized spacial score (nSPS) is 13.8. The third kappa shape index (κ3) is 3.87. The Bertz CT molecular complexity index is 1040. The van der Waals surface area contributed by atoms with E-state index in [-0.39, 0.29) is 18.5 Å². The van der Waals surface area contributed by atoms with Gasteiger partial charge in [0.15, 0.2) is 0 Å². The van der Waals surface area contributed by atoms with Crippen LogP contribution in [0.2, 0.25) is 0 Å². The first-order chi connectivity index (χ1) is 14.2. The number of nitrogens with zero attached hydrogens (tertiary/aromatic N) is 1. The topological polar surface area (TPSA) is 63.5 Å². The number of halogens is 3. The molecule has 3 rings (SSSR count). The Kier molecular flexibility index (Phi) is 6.33. The van der Waals surface area contributed by atoms with Crippen molar-refractivity contribution < 1.29 is 27.8 Å². The molecule has 0 aliphatic rings. The number of nitrogens with one attached hydrogen (secondary N) is 1. The Hall–Kier alpha value is -2.65. The first kappa shape index (κ1) is 22.0. The Morgan fingerprint density at radius 2 is 1.87 bits per heavy atom. The van der Waals surface area contributed by atoms with Gasteiger partial charge in [-0.15, -0.1) is 0 Å². The highest BCUT2D eigenvalue weighted by Crippen LogP contribution is 2.45. The maximum absolute atomic E-state index is 14.0. The summed E-state index contributed by atoms with van der Waals surface area (Å²) in [6, 6.07) is 13.9.